The van der Waals surface area contributed by atoms with Gasteiger partial charge in [0.25, 0.3) is 0 Å². The molecule has 7 aromatic rings. The van der Waals surface area contributed by atoms with E-state index in [1.54, 1.807) is 0 Å². The first kappa shape index (κ1) is 43.1. The van der Waals surface area contributed by atoms with Crippen molar-refractivity contribution in [3.63, 3.8) is 0 Å². The van der Waals surface area contributed by atoms with Gasteiger partial charge in [0, 0.05) is 53.4 Å². The highest BCUT2D eigenvalue weighted by atomic mass is 79.9. The van der Waals surface area contributed by atoms with Crippen molar-refractivity contribution in [1.82, 2.24) is 18.9 Å². The predicted molar refractivity (Wildman–Crippen MR) is 243 cm³/mol. The SMILES string of the molecule is Brc1ccc2c(c1)CNCC2.O=S(=O)(c1ccc(F)cc1)N1CCc2ccc(-c3ccc4[nH]ccc4c3)cc2C1.O=S(=O)(c1ccc(F)cc1)N1CCc2ccc(Br)cc2C1. The fraction of sp³-hybridized carbons (Fsp3) is 0.191. The number of H-pyrrole nitrogens is 1. The van der Waals surface area contributed by atoms with E-state index in [1.165, 1.54) is 90.3 Å². The standard InChI is InChI=1S/C23H19FN2O2S.C15H13BrFNO2S.C9H10BrN/c24-21-4-6-22(7-5-21)29(27,28)26-12-10-16-1-2-17(14-20(16)15-26)18-3-8-23-19(13-18)9-11-25-23;16-13-2-1-11-7-8-18(10-12(11)9-13)21(19,20)15-5-3-14(17)4-6-15;10-9-2-1-7-3-4-11-6-8(7)5-9/h1-9,11,13-14,25H,10,12,15H2;1-6,9H,7-8,10H2;1-2,5,11H,3-4,6H2. The molecule has 4 heterocycles. The average molecular weight is 989 g/mol. The normalized spacial score (nSPS) is 15.3. The Hall–Kier alpha value is -4.54. The van der Waals surface area contributed by atoms with Crippen LogP contribution in [-0.4, -0.2) is 50.1 Å². The van der Waals surface area contributed by atoms with E-state index in [-0.39, 0.29) is 9.79 Å². The number of benzene rings is 6. The monoisotopic (exact) mass is 986 g/mol. The van der Waals surface area contributed by atoms with Crippen LogP contribution in [0.1, 0.15) is 33.4 Å². The van der Waals surface area contributed by atoms with Gasteiger partial charge >= 0.3 is 0 Å². The third-order valence-corrected chi connectivity index (χ3v) is 15.9. The van der Waals surface area contributed by atoms with E-state index in [1.807, 2.05) is 30.5 Å². The van der Waals surface area contributed by atoms with E-state index >= 15 is 0 Å². The summed E-state index contributed by atoms with van der Waals surface area (Å²) in [5.41, 5.74) is 10.5. The Kier molecular flexibility index (Phi) is 13.0. The number of nitrogens with one attached hydrogen (secondary N) is 2. The third-order valence-electron chi connectivity index (χ3n) is 11.2. The highest BCUT2D eigenvalue weighted by Gasteiger charge is 2.30. The molecule has 14 heteroatoms. The number of rotatable bonds is 5. The number of aromatic amines is 1. The number of aromatic nitrogens is 1. The van der Waals surface area contributed by atoms with Crippen LogP contribution in [0.2, 0.25) is 0 Å². The Morgan fingerprint density at radius 2 is 1.00 bits per heavy atom. The minimum atomic E-state index is -3.66. The molecule has 0 atom stereocenters. The lowest BCUT2D eigenvalue weighted by atomic mass is 9.95. The number of halogens is 4. The molecule has 314 valence electrons. The Morgan fingerprint density at radius 3 is 1.59 bits per heavy atom. The molecule has 0 unspecified atom stereocenters. The van der Waals surface area contributed by atoms with Gasteiger partial charge in [-0.2, -0.15) is 8.61 Å². The van der Waals surface area contributed by atoms with E-state index in [4.69, 9.17) is 0 Å². The first-order valence-electron chi connectivity index (χ1n) is 19.8. The lowest BCUT2D eigenvalue weighted by Gasteiger charge is -2.28. The molecule has 6 aromatic carbocycles. The average Bonchev–Trinajstić information content (AvgIpc) is 3.75. The van der Waals surface area contributed by atoms with Crippen LogP contribution in [0, 0.1) is 11.6 Å². The second-order valence-corrected chi connectivity index (χ2v) is 20.8. The molecule has 2 N–H and O–H groups in total. The first-order valence-corrected chi connectivity index (χ1v) is 24.3. The van der Waals surface area contributed by atoms with Crippen LogP contribution in [0.3, 0.4) is 0 Å². The molecule has 0 spiro atoms. The second-order valence-electron chi connectivity index (χ2n) is 15.1. The summed E-state index contributed by atoms with van der Waals surface area (Å²) in [5.74, 6) is -0.890. The fourth-order valence-electron chi connectivity index (χ4n) is 7.81. The van der Waals surface area contributed by atoms with Gasteiger partial charge in [0.2, 0.25) is 20.0 Å². The summed E-state index contributed by atoms with van der Waals surface area (Å²) < 4.78 is 82.3. The van der Waals surface area contributed by atoms with Crippen LogP contribution in [0.5, 0.6) is 0 Å². The number of hydrogen-bond acceptors (Lipinski definition) is 5. The lowest BCUT2D eigenvalue weighted by Crippen LogP contribution is -2.36. The molecule has 0 fully saturated rings. The Labute approximate surface area is 372 Å². The van der Waals surface area contributed by atoms with Gasteiger partial charge in [0.15, 0.2) is 0 Å². The van der Waals surface area contributed by atoms with Crippen molar-refractivity contribution in [2.75, 3.05) is 19.6 Å². The quantitative estimate of drug-likeness (QED) is 0.179. The summed E-state index contributed by atoms with van der Waals surface area (Å²) in [6, 6.07) is 36.9. The van der Waals surface area contributed by atoms with Crippen molar-refractivity contribution in [3.8, 4) is 11.1 Å². The lowest BCUT2D eigenvalue weighted by molar-refractivity contribution is 0.391. The maximum absolute atomic E-state index is 13.2. The number of hydrogen-bond donors (Lipinski definition) is 2. The molecular weight excluding hydrogens is 946 g/mol. The molecule has 3 aliphatic heterocycles. The summed E-state index contributed by atoms with van der Waals surface area (Å²) in [5, 5.41) is 4.49. The van der Waals surface area contributed by atoms with Crippen molar-refractivity contribution >= 4 is 62.8 Å². The van der Waals surface area contributed by atoms with Crippen LogP contribution in [0.4, 0.5) is 8.78 Å². The highest BCUT2D eigenvalue weighted by molar-refractivity contribution is 9.10. The van der Waals surface area contributed by atoms with E-state index in [0.29, 0.717) is 39.0 Å². The van der Waals surface area contributed by atoms with Crippen LogP contribution in [-0.2, 0) is 58.9 Å². The Morgan fingerprint density at radius 1 is 0.508 bits per heavy atom. The van der Waals surface area contributed by atoms with Crippen LogP contribution >= 0.6 is 31.9 Å². The summed E-state index contributed by atoms with van der Waals surface area (Å²) in [6.45, 7) is 3.66. The molecule has 1 aromatic heterocycles. The summed E-state index contributed by atoms with van der Waals surface area (Å²) in [4.78, 5) is 3.44. The minimum Gasteiger partial charge on any atom is -0.361 e. The molecule has 3 aliphatic rings. The maximum Gasteiger partial charge on any atom is 0.243 e. The van der Waals surface area contributed by atoms with Crippen molar-refractivity contribution in [1.29, 1.82) is 0 Å². The summed E-state index contributed by atoms with van der Waals surface area (Å²) in [6.07, 6.45) is 4.43. The maximum atomic E-state index is 13.2. The second kappa shape index (κ2) is 18.4. The van der Waals surface area contributed by atoms with Crippen LogP contribution in [0.15, 0.2) is 152 Å². The number of nitrogens with zero attached hydrogens (tertiary/aromatic N) is 2. The van der Waals surface area contributed by atoms with Gasteiger partial charge in [-0.15, -0.1) is 0 Å². The topological polar surface area (TPSA) is 103 Å². The first-order chi connectivity index (χ1) is 29.3. The zero-order chi connectivity index (χ0) is 42.7. The van der Waals surface area contributed by atoms with Gasteiger partial charge in [-0.1, -0.05) is 62.2 Å². The van der Waals surface area contributed by atoms with Crippen molar-refractivity contribution < 1.29 is 25.6 Å². The molecular formula is C47H42Br2F2N4O4S2. The van der Waals surface area contributed by atoms with Crippen molar-refractivity contribution in [2.24, 2.45) is 0 Å². The minimum absolute atomic E-state index is 0.122. The van der Waals surface area contributed by atoms with E-state index in [2.05, 4.69) is 96.8 Å². The van der Waals surface area contributed by atoms with Gasteiger partial charge in [0.05, 0.1) is 9.79 Å². The highest BCUT2D eigenvalue weighted by Crippen LogP contribution is 2.31. The van der Waals surface area contributed by atoms with E-state index < -0.39 is 31.7 Å². The van der Waals surface area contributed by atoms with Gasteiger partial charge < -0.3 is 10.3 Å². The Bertz CT molecular complexity index is 2930. The molecule has 0 saturated carbocycles. The number of fused-ring (bicyclic) bond motifs is 4. The van der Waals surface area contributed by atoms with Gasteiger partial charge in [-0.3, -0.25) is 0 Å². The fourth-order valence-corrected chi connectivity index (χ4v) is 11.5. The molecule has 0 amide bonds. The molecule has 0 radical (unpaired) electrons. The van der Waals surface area contributed by atoms with E-state index in [0.717, 1.165) is 50.7 Å². The van der Waals surface area contributed by atoms with Gasteiger partial charge in [-0.25, -0.2) is 25.6 Å². The van der Waals surface area contributed by atoms with Crippen molar-refractivity contribution in [3.05, 3.63) is 188 Å². The molecule has 0 aliphatic carbocycles. The largest absolute Gasteiger partial charge is 0.361 e. The zero-order valence-electron chi connectivity index (χ0n) is 32.9. The Balaban J connectivity index is 0.000000139. The van der Waals surface area contributed by atoms with Crippen LogP contribution in [0.25, 0.3) is 22.0 Å². The van der Waals surface area contributed by atoms with Crippen LogP contribution < -0.4 is 5.32 Å². The smallest absolute Gasteiger partial charge is 0.243 e. The summed E-state index contributed by atoms with van der Waals surface area (Å²) in [7, 11) is -7.24. The molecule has 8 nitrogen and oxygen atoms in total. The molecule has 0 saturated heterocycles. The van der Waals surface area contributed by atoms with Crippen molar-refractivity contribution in [2.45, 2.75) is 48.7 Å². The number of sulfonamides is 2. The molecule has 10 rings (SSSR count). The molecule has 61 heavy (non-hydrogen) atoms. The third kappa shape index (κ3) is 9.91. The summed E-state index contributed by atoms with van der Waals surface area (Å²) >= 11 is 6.87. The van der Waals surface area contributed by atoms with Gasteiger partial charge in [-0.05, 0) is 173 Å². The predicted octanol–water partition coefficient (Wildman–Crippen LogP) is 10.2. The van der Waals surface area contributed by atoms with Gasteiger partial charge in [0.1, 0.15) is 11.6 Å². The van der Waals surface area contributed by atoms with E-state index in [9.17, 15) is 25.6 Å². The molecule has 0 bridgehead atoms. The zero-order valence-corrected chi connectivity index (χ0v) is 37.7.